The summed E-state index contributed by atoms with van der Waals surface area (Å²) in [6.07, 6.45) is 4.02. The summed E-state index contributed by atoms with van der Waals surface area (Å²) in [5.41, 5.74) is 0. The van der Waals surface area contributed by atoms with Crippen molar-refractivity contribution < 1.29 is 43.5 Å². The smallest absolute Gasteiger partial charge is 0.434 e. The maximum absolute atomic E-state index is 11.2. The van der Waals surface area contributed by atoms with Crippen molar-refractivity contribution in [2.75, 3.05) is 52.9 Å². The summed E-state index contributed by atoms with van der Waals surface area (Å²) in [5, 5.41) is 17.2. The number of carbonyl (C=O) groups excluding carboxylic acids is 2. The topological polar surface area (TPSA) is 121 Å². The monoisotopic (exact) mass is 394 g/mol. The van der Waals surface area contributed by atoms with Gasteiger partial charge in [0.2, 0.25) is 0 Å². The predicted octanol–water partition coefficient (Wildman–Crippen LogP) is 2.41. The average molecular weight is 394 g/mol. The van der Waals surface area contributed by atoms with E-state index in [9.17, 15) is 9.59 Å². The Morgan fingerprint density at radius 1 is 0.481 bits per heavy atom. The lowest BCUT2D eigenvalue weighted by Crippen LogP contribution is -2.11. The van der Waals surface area contributed by atoms with Crippen molar-refractivity contribution in [2.24, 2.45) is 0 Å². The Kier molecular flexibility index (Phi) is 19.5. The molecule has 2 N–H and O–H groups in total. The van der Waals surface area contributed by atoms with Crippen LogP contribution in [0.3, 0.4) is 0 Å². The Morgan fingerprint density at radius 3 is 1.11 bits per heavy atom. The third-order valence-electron chi connectivity index (χ3n) is 3.35. The molecule has 0 amide bonds. The van der Waals surface area contributed by atoms with Crippen LogP contribution in [0, 0.1) is 0 Å². The molecule has 0 fully saturated rings. The van der Waals surface area contributed by atoms with Gasteiger partial charge in [-0.2, -0.15) is 0 Å². The molecule has 0 atom stereocenters. The lowest BCUT2D eigenvalue weighted by molar-refractivity contribution is 0.0472. The molecule has 9 nitrogen and oxygen atoms in total. The maximum Gasteiger partial charge on any atom is 0.508 e. The van der Waals surface area contributed by atoms with Gasteiger partial charge in [-0.25, -0.2) is 9.59 Å². The largest absolute Gasteiger partial charge is 0.508 e. The Bertz CT molecular complexity index is 318. The fourth-order valence-electron chi connectivity index (χ4n) is 1.85. The molecular formula is C18H34O9. The summed E-state index contributed by atoms with van der Waals surface area (Å²) < 4.78 is 24.9. The van der Waals surface area contributed by atoms with Gasteiger partial charge < -0.3 is 33.9 Å². The van der Waals surface area contributed by atoms with Crippen LogP contribution in [0.15, 0.2) is 0 Å². The first kappa shape index (κ1) is 25.4. The molecule has 0 saturated carbocycles. The molecule has 0 aromatic carbocycles. The molecule has 0 radical (unpaired) electrons. The van der Waals surface area contributed by atoms with Crippen molar-refractivity contribution in [1.29, 1.82) is 0 Å². The highest BCUT2D eigenvalue weighted by Crippen LogP contribution is 1.98. The first-order valence-electron chi connectivity index (χ1n) is 9.59. The van der Waals surface area contributed by atoms with Gasteiger partial charge in [0.15, 0.2) is 0 Å². The third kappa shape index (κ3) is 20.6. The number of unbranched alkanes of at least 4 members (excludes halogenated alkanes) is 4. The minimum absolute atomic E-state index is 0.0874. The Balaban J connectivity index is 3.20. The number of hydrogen-bond donors (Lipinski definition) is 2. The standard InChI is InChI=1S/C18H34O9/c19-9-1-3-13-24-17(21)26-15-7-5-11-23-12-6-8-16-27-18(22)25-14-4-2-10-20/h19-20H,1-16H2. The Morgan fingerprint density at radius 2 is 0.778 bits per heavy atom. The van der Waals surface area contributed by atoms with E-state index in [1.807, 2.05) is 0 Å². The molecule has 0 aromatic heterocycles. The van der Waals surface area contributed by atoms with Crippen molar-refractivity contribution in [2.45, 2.75) is 51.4 Å². The molecule has 0 spiro atoms. The molecule has 0 saturated heterocycles. The fourth-order valence-corrected chi connectivity index (χ4v) is 1.85. The highest BCUT2D eigenvalue weighted by Gasteiger charge is 2.04. The van der Waals surface area contributed by atoms with E-state index in [0.29, 0.717) is 51.7 Å². The number of ether oxygens (including phenoxy) is 5. The zero-order chi connectivity index (χ0) is 20.0. The first-order chi connectivity index (χ1) is 13.2. The predicted molar refractivity (Wildman–Crippen MR) is 96.5 cm³/mol. The second kappa shape index (κ2) is 20.7. The molecule has 27 heavy (non-hydrogen) atoms. The first-order valence-corrected chi connectivity index (χ1v) is 9.59. The van der Waals surface area contributed by atoms with Crippen molar-refractivity contribution in [3.63, 3.8) is 0 Å². The number of carbonyl (C=O) groups is 2. The van der Waals surface area contributed by atoms with Crippen molar-refractivity contribution in [1.82, 2.24) is 0 Å². The van der Waals surface area contributed by atoms with Gasteiger partial charge in [0, 0.05) is 26.4 Å². The average Bonchev–Trinajstić information content (AvgIpc) is 2.66. The van der Waals surface area contributed by atoms with Crippen molar-refractivity contribution >= 4 is 12.3 Å². The maximum atomic E-state index is 11.2. The molecular weight excluding hydrogens is 360 g/mol. The van der Waals surface area contributed by atoms with Gasteiger partial charge >= 0.3 is 12.3 Å². The summed E-state index contributed by atoms with van der Waals surface area (Å²) in [7, 11) is 0. The highest BCUT2D eigenvalue weighted by atomic mass is 16.7. The molecule has 0 unspecified atom stereocenters. The van der Waals surface area contributed by atoms with Gasteiger partial charge in [-0.1, -0.05) is 0 Å². The zero-order valence-corrected chi connectivity index (χ0v) is 16.1. The van der Waals surface area contributed by atoms with E-state index in [0.717, 1.165) is 12.8 Å². The summed E-state index contributed by atoms with van der Waals surface area (Å²) in [5.74, 6) is 0. The van der Waals surface area contributed by atoms with Gasteiger partial charge in [0.25, 0.3) is 0 Å². The van der Waals surface area contributed by atoms with E-state index in [2.05, 4.69) is 0 Å². The lowest BCUT2D eigenvalue weighted by Gasteiger charge is -2.07. The minimum atomic E-state index is -0.680. The van der Waals surface area contributed by atoms with Gasteiger partial charge in [-0.05, 0) is 51.4 Å². The van der Waals surface area contributed by atoms with E-state index in [-0.39, 0.29) is 39.6 Å². The van der Waals surface area contributed by atoms with Crippen LogP contribution in [0.5, 0.6) is 0 Å². The quantitative estimate of drug-likeness (QED) is 0.267. The molecule has 0 bridgehead atoms. The lowest BCUT2D eigenvalue weighted by atomic mass is 10.3. The van der Waals surface area contributed by atoms with Crippen LogP contribution in [0.2, 0.25) is 0 Å². The Hall–Kier alpha value is -1.58. The van der Waals surface area contributed by atoms with Gasteiger partial charge in [0.05, 0.1) is 26.4 Å². The second-order valence-corrected chi connectivity index (χ2v) is 5.78. The zero-order valence-electron chi connectivity index (χ0n) is 16.1. The molecule has 0 rings (SSSR count). The Labute approximate surface area is 160 Å². The summed E-state index contributed by atoms with van der Waals surface area (Å²) in [4.78, 5) is 22.4. The number of aliphatic hydroxyl groups excluding tert-OH is 2. The van der Waals surface area contributed by atoms with Crippen LogP contribution in [0.4, 0.5) is 9.59 Å². The number of hydrogen-bond acceptors (Lipinski definition) is 9. The molecule has 9 heteroatoms. The van der Waals surface area contributed by atoms with Crippen molar-refractivity contribution in [3.05, 3.63) is 0 Å². The number of aliphatic hydroxyl groups is 2. The second-order valence-electron chi connectivity index (χ2n) is 5.78. The van der Waals surface area contributed by atoms with Crippen LogP contribution in [-0.2, 0) is 23.7 Å². The van der Waals surface area contributed by atoms with Crippen LogP contribution in [0.1, 0.15) is 51.4 Å². The number of rotatable bonds is 18. The summed E-state index contributed by atoms with van der Waals surface area (Å²) in [6.45, 7) is 2.41. The van der Waals surface area contributed by atoms with E-state index >= 15 is 0 Å². The van der Waals surface area contributed by atoms with Crippen LogP contribution < -0.4 is 0 Å². The van der Waals surface area contributed by atoms with Gasteiger partial charge in [-0.15, -0.1) is 0 Å². The van der Waals surface area contributed by atoms with Crippen LogP contribution >= 0.6 is 0 Å². The van der Waals surface area contributed by atoms with E-state index in [4.69, 9.17) is 33.9 Å². The van der Waals surface area contributed by atoms with Crippen molar-refractivity contribution in [3.8, 4) is 0 Å². The summed E-state index contributed by atoms with van der Waals surface area (Å²) in [6, 6.07) is 0. The van der Waals surface area contributed by atoms with Gasteiger partial charge in [-0.3, -0.25) is 0 Å². The molecule has 0 aliphatic heterocycles. The van der Waals surface area contributed by atoms with Crippen LogP contribution in [-0.4, -0.2) is 75.4 Å². The van der Waals surface area contributed by atoms with E-state index < -0.39 is 12.3 Å². The molecule has 160 valence electrons. The highest BCUT2D eigenvalue weighted by molar-refractivity contribution is 5.60. The minimum Gasteiger partial charge on any atom is -0.434 e. The summed E-state index contributed by atoms with van der Waals surface area (Å²) >= 11 is 0. The fraction of sp³-hybridized carbons (Fsp3) is 0.889. The van der Waals surface area contributed by atoms with Crippen LogP contribution in [0.25, 0.3) is 0 Å². The van der Waals surface area contributed by atoms with E-state index in [1.165, 1.54) is 0 Å². The molecule has 0 aliphatic rings. The third-order valence-corrected chi connectivity index (χ3v) is 3.35. The van der Waals surface area contributed by atoms with E-state index in [1.54, 1.807) is 0 Å². The van der Waals surface area contributed by atoms with Gasteiger partial charge in [0.1, 0.15) is 0 Å². The normalized spacial score (nSPS) is 10.4. The molecule has 0 aliphatic carbocycles. The molecule has 0 aromatic rings. The molecule has 0 heterocycles. The SMILES string of the molecule is O=C(OCCCCO)OCCCCOCCCCOC(=O)OCCCCO.